The van der Waals surface area contributed by atoms with Crippen LogP contribution in [0.3, 0.4) is 0 Å². The lowest BCUT2D eigenvalue weighted by molar-refractivity contribution is -0.117. The number of Topliss-reactive ketones (excluding diaryl/α,β-unsaturated/α-hetero) is 2. The van der Waals surface area contributed by atoms with Gasteiger partial charge in [0.1, 0.15) is 5.75 Å². The standard InChI is InChI=1S/C35H45NO11/c1-15-8-7-9-21(13-37)35(47)36-24-12-25(39)26-23(34(24)46)11-17(3)30(42)27(26)29(41)16(2)10-22(14-38)33(45)20(6)32(44)19(5)31(43)18(4)28(15)40/h7-12,15,18-20,22,28,31-33,37-38,40,42-45H,13-14H2,1-6H3,(H,36,47). The quantitative estimate of drug-likeness (QED) is 0.227. The van der Waals surface area contributed by atoms with Crippen molar-refractivity contribution in [1.29, 1.82) is 0 Å². The molecule has 4 bridgehead atoms. The van der Waals surface area contributed by atoms with E-state index in [0.717, 1.165) is 6.08 Å². The normalized spacial score (nSPS) is 31.7. The molecule has 9 unspecified atom stereocenters. The summed E-state index contributed by atoms with van der Waals surface area (Å²) in [5.74, 6) is -8.19. The van der Waals surface area contributed by atoms with Gasteiger partial charge in [0.05, 0.1) is 48.9 Å². The van der Waals surface area contributed by atoms with E-state index in [1.54, 1.807) is 26.8 Å². The lowest BCUT2D eigenvalue weighted by Gasteiger charge is -2.37. The first-order chi connectivity index (χ1) is 22.0. The van der Waals surface area contributed by atoms with E-state index in [9.17, 15) is 54.9 Å². The highest BCUT2D eigenvalue weighted by Crippen LogP contribution is 2.35. The van der Waals surface area contributed by atoms with Gasteiger partial charge in [0.15, 0.2) is 11.6 Å². The molecule has 8 N–H and O–H groups in total. The summed E-state index contributed by atoms with van der Waals surface area (Å²) in [7, 11) is 0. The number of aliphatic hydroxyl groups excluding tert-OH is 6. The first kappa shape index (κ1) is 37.7. The smallest absolute Gasteiger partial charge is 0.254 e. The predicted octanol–water partition coefficient (Wildman–Crippen LogP) is 1.29. The fourth-order valence-corrected chi connectivity index (χ4v) is 6.12. The number of rotatable bonds is 2. The molecule has 4 rings (SSSR count). The van der Waals surface area contributed by atoms with Crippen molar-refractivity contribution in [2.45, 2.75) is 66.0 Å². The Morgan fingerprint density at radius 1 is 0.787 bits per heavy atom. The number of benzene rings is 1. The molecule has 9 atom stereocenters. The molecular weight excluding hydrogens is 610 g/mol. The largest absolute Gasteiger partial charge is 0.507 e. The molecule has 0 spiro atoms. The van der Waals surface area contributed by atoms with Crippen LogP contribution >= 0.6 is 0 Å². The zero-order valence-electron chi connectivity index (χ0n) is 27.3. The van der Waals surface area contributed by atoms with E-state index in [4.69, 9.17) is 0 Å². The molecule has 3 aliphatic rings. The number of phenols is 1. The highest BCUT2D eigenvalue weighted by atomic mass is 16.3. The van der Waals surface area contributed by atoms with Gasteiger partial charge in [-0.05, 0) is 31.1 Å². The van der Waals surface area contributed by atoms with Crippen molar-refractivity contribution in [3.8, 4) is 5.75 Å². The van der Waals surface area contributed by atoms with Crippen LogP contribution in [0.4, 0.5) is 0 Å². The van der Waals surface area contributed by atoms with Crippen LogP contribution in [0.25, 0.3) is 0 Å². The summed E-state index contributed by atoms with van der Waals surface area (Å²) in [6.07, 6.45) is 1.22. The summed E-state index contributed by atoms with van der Waals surface area (Å²) in [6, 6.07) is 1.22. The molecule has 256 valence electrons. The molecule has 0 radical (unpaired) electrons. The van der Waals surface area contributed by atoms with Gasteiger partial charge in [-0.25, -0.2) is 0 Å². The highest BCUT2D eigenvalue weighted by molar-refractivity contribution is 6.30. The number of amides is 1. The van der Waals surface area contributed by atoms with E-state index >= 15 is 0 Å². The van der Waals surface area contributed by atoms with Crippen molar-refractivity contribution < 1.29 is 54.9 Å². The van der Waals surface area contributed by atoms with E-state index < -0.39 is 107 Å². The number of hydrogen-bond donors (Lipinski definition) is 8. The number of allylic oxidation sites excluding steroid dienone is 5. The lowest BCUT2D eigenvalue weighted by atomic mass is 9.76. The Kier molecular flexibility index (Phi) is 12.4. The van der Waals surface area contributed by atoms with Crippen LogP contribution in [0.15, 0.2) is 53.3 Å². The molecule has 2 aliphatic heterocycles. The number of hydrogen-bond acceptors (Lipinski definition) is 11. The molecule has 0 fully saturated rings. The molecule has 1 aromatic carbocycles. The summed E-state index contributed by atoms with van der Waals surface area (Å²) < 4.78 is 0. The van der Waals surface area contributed by atoms with Gasteiger partial charge in [0.2, 0.25) is 5.78 Å². The van der Waals surface area contributed by atoms with Crippen LogP contribution in [0.2, 0.25) is 0 Å². The lowest BCUT2D eigenvalue weighted by Crippen LogP contribution is -2.46. The Balaban J connectivity index is 2.21. The van der Waals surface area contributed by atoms with Gasteiger partial charge in [0.25, 0.3) is 5.91 Å². The molecule has 1 aliphatic carbocycles. The fourth-order valence-electron chi connectivity index (χ4n) is 6.12. The van der Waals surface area contributed by atoms with Crippen LogP contribution in [-0.2, 0) is 4.79 Å². The van der Waals surface area contributed by atoms with Crippen molar-refractivity contribution in [2.75, 3.05) is 13.2 Å². The molecule has 2 heterocycles. The zero-order valence-corrected chi connectivity index (χ0v) is 27.3. The first-order valence-corrected chi connectivity index (χ1v) is 15.5. The average molecular weight is 656 g/mol. The van der Waals surface area contributed by atoms with Crippen molar-refractivity contribution in [3.05, 3.63) is 75.5 Å². The third-order valence-electron chi connectivity index (χ3n) is 9.39. The van der Waals surface area contributed by atoms with E-state index in [1.807, 2.05) is 0 Å². The second kappa shape index (κ2) is 15.4. The number of carbonyl (C=O) groups is 4. The Morgan fingerprint density at radius 3 is 1.94 bits per heavy atom. The number of carbonyl (C=O) groups excluding carboxylic acids is 4. The summed E-state index contributed by atoms with van der Waals surface area (Å²) in [5, 5.41) is 77.6. The molecule has 1 amide bonds. The van der Waals surface area contributed by atoms with Crippen molar-refractivity contribution >= 4 is 23.3 Å². The van der Waals surface area contributed by atoms with Crippen LogP contribution in [0, 0.1) is 36.5 Å². The van der Waals surface area contributed by atoms with Crippen LogP contribution in [0.5, 0.6) is 5.75 Å². The number of phenolic OH excluding ortho intramolecular Hbond substituents is 1. The van der Waals surface area contributed by atoms with Crippen molar-refractivity contribution in [3.63, 3.8) is 0 Å². The second-order valence-electron chi connectivity index (χ2n) is 12.7. The maximum atomic E-state index is 13.8. The number of aromatic hydroxyl groups is 1. The zero-order chi connectivity index (χ0) is 35.5. The van der Waals surface area contributed by atoms with Crippen LogP contribution in [-0.4, -0.2) is 96.6 Å². The topological polar surface area (TPSA) is 222 Å². The third-order valence-corrected chi connectivity index (χ3v) is 9.39. The van der Waals surface area contributed by atoms with E-state index in [-0.39, 0.29) is 27.8 Å². The van der Waals surface area contributed by atoms with Crippen LogP contribution in [0.1, 0.15) is 71.3 Å². The SMILES string of the molecule is CC1=CC(CO)C(O)C(C)C(O)C(C)C(O)C(C)C(O)C(C)C=CC=C(CO)C(=O)NC2=CC(=O)c3c(cc(C)c(O)c3C1=O)C2=O. The average Bonchev–Trinajstić information content (AvgIpc) is 3.05. The molecule has 12 heteroatoms. The summed E-state index contributed by atoms with van der Waals surface area (Å²) in [4.78, 5) is 53.6. The number of fused-ring (bicyclic) bond motifs is 15. The van der Waals surface area contributed by atoms with E-state index in [1.165, 1.54) is 45.1 Å². The Morgan fingerprint density at radius 2 is 1.36 bits per heavy atom. The third kappa shape index (κ3) is 7.69. The number of ketones is 3. The van der Waals surface area contributed by atoms with Gasteiger partial charge in [-0.3, -0.25) is 19.2 Å². The number of aliphatic hydroxyl groups is 6. The van der Waals surface area contributed by atoms with Crippen molar-refractivity contribution in [2.24, 2.45) is 29.6 Å². The van der Waals surface area contributed by atoms with Gasteiger partial charge in [0, 0.05) is 52.4 Å². The summed E-state index contributed by atoms with van der Waals surface area (Å²) in [6.45, 7) is 7.70. The molecule has 0 saturated carbocycles. The Bertz CT molecular complexity index is 1540. The maximum absolute atomic E-state index is 13.8. The summed E-state index contributed by atoms with van der Waals surface area (Å²) in [5.41, 5.74) is -1.68. The minimum atomic E-state index is -1.42. The van der Waals surface area contributed by atoms with E-state index in [2.05, 4.69) is 5.32 Å². The molecule has 0 saturated heterocycles. The molecule has 47 heavy (non-hydrogen) atoms. The molecule has 1 aromatic rings. The fraction of sp³-hybridized carbons (Fsp3) is 0.486. The first-order valence-electron chi connectivity index (χ1n) is 15.5. The number of nitrogens with one attached hydrogen (secondary N) is 1. The minimum Gasteiger partial charge on any atom is -0.507 e. The van der Waals surface area contributed by atoms with Gasteiger partial charge in [-0.15, -0.1) is 0 Å². The predicted molar refractivity (Wildman–Crippen MR) is 171 cm³/mol. The maximum Gasteiger partial charge on any atom is 0.254 e. The highest BCUT2D eigenvalue weighted by Gasteiger charge is 2.39. The van der Waals surface area contributed by atoms with Crippen LogP contribution < -0.4 is 5.32 Å². The van der Waals surface area contributed by atoms with Gasteiger partial charge >= 0.3 is 0 Å². The Hall–Kier alpha value is -3.78. The molecular formula is C35H45NO11. The number of aryl methyl sites for hydroxylation is 1. The van der Waals surface area contributed by atoms with Gasteiger partial charge < -0.3 is 41.1 Å². The molecule has 12 nitrogen and oxygen atoms in total. The van der Waals surface area contributed by atoms with E-state index in [0.29, 0.717) is 0 Å². The molecule has 0 aromatic heterocycles. The van der Waals surface area contributed by atoms with Gasteiger partial charge in [-0.2, -0.15) is 0 Å². The Labute approximate surface area is 273 Å². The monoisotopic (exact) mass is 655 g/mol. The van der Waals surface area contributed by atoms with Crippen molar-refractivity contribution in [1.82, 2.24) is 5.32 Å². The minimum absolute atomic E-state index is 0.0846. The summed E-state index contributed by atoms with van der Waals surface area (Å²) >= 11 is 0. The second-order valence-corrected chi connectivity index (χ2v) is 12.7. The van der Waals surface area contributed by atoms with Gasteiger partial charge in [-0.1, -0.05) is 52.0 Å².